The van der Waals surface area contributed by atoms with Crippen molar-refractivity contribution in [1.82, 2.24) is 14.6 Å². The van der Waals surface area contributed by atoms with Crippen LogP contribution in [0.4, 0.5) is 17.1 Å². The Morgan fingerprint density at radius 1 is 0.847 bits per heavy atom. The van der Waals surface area contributed by atoms with E-state index in [-0.39, 0.29) is 16.5 Å². The number of carbonyl (C=O) groups excluding carboxylic acids is 1. The molecule has 1 atom stereocenters. The second-order valence-electron chi connectivity index (χ2n) is 14.8. The lowest BCUT2D eigenvalue weighted by atomic mass is 9.99. The molecular formula is C47H49ClN6O3S2. The number of hydrogen-bond acceptors (Lipinski definition) is 9. The number of benzene rings is 5. The van der Waals surface area contributed by atoms with Crippen LogP contribution in [0.1, 0.15) is 27.9 Å². The monoisotopic (exact) mass is 844 g/mol. The molecule has 1 fully saturated rings. The van der Waals surface area contributed by atoms with Gasteiger partial charge >= 0.3 is 0 Å². The summed E-state index contributed by atoms with van der Waals surface area (Å²) in [7, 11) is -2.06. The van der Waals surface area contributed by atoms with Crippen molar-refractivity contribution in [2.75, 3.05) is 60.6 Å². The van der Waals surface area contributed by atoms with Crippen LogP contribution in [-0.4, -0.2) is 75.8 Å². The lowest BCUT2D eigenvalue weighted by molar-refractivity contribution is 0.0981. The standard InChI is InChI=1S/C47H49ClN6O3S2/c1-35-32-44(20-21-46(35)50-40(34-58-43-9-4-3-5-10-43)24-27-52(2)41-22-25-49-26-23-41)59(56,57)51-47(55)37-14-18-42(19-15-37)54-30-28-53(29-31-54)33-38-8-6-7-11-45(38)36-12-16-39(48)17-13-36/h3-23,25-26,32,40,50H,24,27-31,33-34H2,1-2H3,(H,51,55)/t40-/m1/s1. The summed E-state index contributed by atoms with van der Waals surface area (Å²) in [4.78, 5) is 25.6. The summed E-state index contributed by atoms with van der Waals surface area (Å²) in [5.41, 5.74) is 7.62. The van der Waals surface area contributed by atoms with Gasteiger partial charge in [0.25, 0.3) is 15.9 Å². The quantitative estimate of drug-likeness (QED) is 0.0925. The molecule has 0 unspecified atom stereocenters. The Hall–Kier alpha value is -5.33. The first kappa shape index (κ1) is 41.8. The number of aromatic nitrogens is 1. The van der Waals surface area contributed by atoms with Gasteiger partial charge in [0.15, 0.2) is 0 Å². The van der Waals surface area contributed by atoms with Gasteiger partial charge in [-0.1, -0.05) is 66.2 Å². The minimum atomic E-state index is -4.12. The van der Waals surface area contributed by atoms with E-state index in [1.54, 1.807) is 54.5 Å². The Morgan fingerprint density at radius 3 is 2.25 bits per heavy atom. The van der Waals surface area contributed by atoms with Gasteiger partial charge in [-0.15, -0.1) is 11.8 Å². The maximum atomic E-state index is 13.5. The van der Waals surface area contributed by atoms with Crippen LogP contribution in [-0.2, 0) is 16.6 Å². The van der Waals surface area contributed by atoms with Crippen molar-refractivity contribution >= 4 is 56.4 Å². The predicted molar refractivity (Wildman–Crippen MR) is 243 cm³/mol. The molecule has 1 saturated heterocycles. The topological polar surface area (TPSA) is 97.9 Å². The fraction of sp³-hybridized carbons (Fsp3) is 0.234. The fourth-order valence-electron chi connectivity index (χ4n) is 7.21. The first-order chi connectivity index (χ1) is 28.6. The number of aryl methyl sites for hydroxylation is 1. The smallest absolute Gasteiger partial charge is 0.264 e. The zero-order chi connectivity index (χ0) is 41.2. The molecule has 0 bridgehead atoms. The second-order valence-corrected chi connectivity index (χ2v) is 18.0. The van der Waals surface area contributed by atoms with Crippen LogP contribution in [0.15, 0.2) is 156 Å². The third kappa shape index (κ3) is 11.2. The van der Waals surface area contributed by atoms with Crippen LogP contribution in [0, 0.1) is 6.92 Å². The van der Waals surface area contributed by atoms with Gasteiger partial charge in [0.05, 0.1) is 4.90 Å². The Morgan fingerprint density at radius 2 is 1.54 bits per heavy atom. The van der Waals surface area contributed by atoms with Gasteiger partial charge in [0.2, 0.25) is 0 Å². The maximum absolute atomic E-state index is 13.5. The zero-order valence-electron chi connectivity index (χ0n) is 33.3. The molecule has 0 radical (unpaired) electrons. The molecule has 0 spiro atoms. The molecular weight excluding hydrogens is 796 g/mol. The van der Waals surface area contributed by atoms with Crippen molar-refractivity contribution in [2.24, 2.45) is 0 Å². The number of carbonyl (C=O) groups is 1. The highest BCUT2D eigenvalue weighted by molar-refractivity contribution is 7.99. The van der Waals surface area contributed by atoms with E-state index in [2.05, 4.69) is 85.3 Å². The highest BCUT2D eigenvalue weighted by atomic mass is 35.5. The van der Waals surface area contributed by atoms with Gasteiger partial charge in [0.1, 0.15) is 0 Å². The summed E-state index contributed by atoms with van der Waals surface area (Å²) < 4.78 is 29.2. The van der Waals surface area contributed by atoms with E-state index >= 15 is 0 Å². The molecule has 304 valence electrons. The summed E-state index contributed by atoms with van der Waals surface area (Å²) in [6, 6.07) is 42.9. The number of halogens is 1. The number of hydrogen-bond donors (Lipinski definition) is 2. The average molecular weight is 846 g/mol. The van der Waals surface area contributed by atoms with E-state index in [0.717, 1.165) is 84.7 Å². The van der Waals surface area contributed by atoms with Crippen molar-refractivity contribution in [3.8, 4) is 11.1 Å². The van der Waals surface area contributed by atoms with Crippen LogP contribution >= 0.6 is 23.4 Å². The molecule has 12 heteroatoms. The molecule has 1 aromatic heterocycles. The summed E-state index contributed by atoms with van der Waals surface area (Å²) in [5, 5.41) is 4.40. The lowest BCUT2D eigenvalue weighted by Crippen LogP contribution is -2.46. The van der Waals surface area contributed by atoms with Crippen molar-refractivity contribution in [2.45, 2.75) is 35.7 Å². The first-order valence-corrected chi connectivity index (χ1v) is 22.6. The number of nitrogens with one attached hydrogen (secondary N) is 2. The fourth-order valence-corrected chi connectivity index (χ4v) is 9.39. The normalized spacial score (nSPS) is 13.8. The van der Waals surface area contributed by atoms with E-state index in [0.29, 0.717) is 0 Å². The van der Waals surface area contributed by atoms with Crippen LogP contribution in [0.2, 0.25) is 5.02 Å². The van der Waals surface area contributed by atoms with Crippen LogP contribution < -0.4 is 19.8 Å². The minimum absolute atomic E-state index is 0.0341. The number of piperazine rings is 1. The Kier molecular flexibility index (Phi) is 13.9. The molecule has 1 aliphatic rings. The number of anilines is 3. The molecule has 59 heavy (non-hydrogen) atoms. The van der Waals surface area contributed by atoms with Crippen molar-refractivity contribution in [3.63, 3.8) is 0 Å². The summed E-state index contributed by atoms with van der Waals surface area (Å²) in [5.74, 6) is 0.150. The number of rotatable bonds is 16. The van der Waals surface area contributed by atoms with Gasteiger partial charge in [-0.2, -0.15) is 0 Å². The highest BCUT2D eigenvalue weighted by Crippen LogP contribution is 2.28. The van der Waals surface area contributed by atoms with E-state index in [4.69, 9.17) is 11.6 Å². The van der Waals surface area contributed by atoms with E-state index in [9.17, 15) is 13.2 Å². The zero-order valence-corrected chi connectivity index (χ0v) is 35.7. The molecule has 6 aromatic rings. The number of thioether (sulfide) groups is 1. The lowest BCUT2D eigenvalue weighted by Gasteiger charge is -2.36. The highest BCUT2D eigenvalue weighted by Gasteiger charge is 2.22. The van der Waals surface area contributed by atoms with Gasteiger partial charge in [-0.25, -0.2) is 13.1 Å². The van der Waals surface area contributed by atoms with Crippen LogP contribution in [0.3, 0.4) is 0 Å². The molecule has 0 saturated carbocycles. The number of nitrogens with zero attached hydrogens (tertiary/aromatic N) is 4. The van der Waals surface area contributed by atoms with Crippen molar-refractivity contribution in [1.29, 1.82) is 0 Å². The van der Waals surface area contributed by atoms with E-state index in [1.165, 1.54) is 16.0 Å². The largest absolute Gasteiger partial charge is 0.381 e. The van der Waals surface area contributed by atoms with Crippen LogP contribution in [0.5, 0.6) is 0 Å². The third-order valence-electron chi connectivity index (χ3n) is 10.6. The van der Waals surface area contributed by atoms with Crippen LogP contribution in [0.25, 0.3) is 11.1 Å². The Bertz CT molecular complexity index is 2410. The number of pyridine rings is 1. The van der Waals surface area contributed by atoms with Crippen molar-refractivity contribution in [3.05, 3.63) is 168 Å². The molecule has 9 nitrogen and oxygen atoms in total. The number of amides is 1. The van der Waals surface area contributed by atoms with Gasteiger partial charge in [-0.3, -0.25) is 14.7 Å². The number of sulfonamides is 1. The molecule has 2 heterocycles. The SMILES string of the molecule is Cc1cc(S(=O)(=O)NC(=O)c2ccc(N3CCN(Cc4ccccc4-c4ccc(Cl)cc4)CC3)cc2)ccc1N[C@H](CCN(C)c1ccncc1)CSc1ccccc1. The van der Waals surface area contributed by atoms with Gasteiger partial charge < -0.3 is 15.1 Å². The Labute approximate surface area is 357 Å². The summed E-state index contributed by atoms with van der Waals surface area (Å²) in [6.45, 7) is 6.99. The summed E-state index contributed by atoms with van der Waals surface area (Å²) >= 11 is 7.91. The predicted octanol–water partition coefficient (Wildman–Crippen LogP) is 9.25. The van der Waals surface area contributed by atoms with Gasteiger partial charge in [-0.05, 0) is 114 Å². The van der Waals surface area contributed by atoms with E-state index in [1.807, 2.05) is 61.5 Å². The van der Waals surface area contributed by atoms with Crippen molar-refractivity contribution < 1.29 is 13.2 Å². The molecule has 2 N–H and O–H groups in total. The average Bonchev–Trinajstić information content (AvgIpc) is 3.26. The van der Waals surface area contributed by atoms with E-state index < -0.39 is 15.9 Å². The molecule has 7 rings (SSSR count). The molecule has 5 aromatic carbocycles. The molecule has 1 amide bonds. The molecule has 0 aliphatic carbocycles. The summed E-state index contributed by atoms with van der Waals surface area (Å²) in [6.07, 6.45) is 4.43. The second kappa shape index (κ2) is 19.6. The van der Waals surface area contributed by atoms with Gasteiger partial charge in [0, 0.05) is 103 Å². The third-order valence-corrected chi connectivity index (χ3v) is 13.4. The molecule has 1 aliphatic heterocycles. The Balaban J connectivity index is 0.935. The first-order valence-electron chi connectivity index (χ1n) is 19.8. The minimum Gasteiger partial charge on any atom is -0.381 e. The maximum Gasteiger partial charge on any atom is 0.264 e.